The monoisotopic (exact) mass is 307 g/mol. The van der Waals surface area contributed by atoms with Crippen LogP contribution >= 0.6 is 0 Å². The molecule has 1 aliphatic heterocycles. The zero-order valence-electron chi connectivity index (χ0n) is 12.8. The largest absolute Gasteiger partial charge is 0.677 e. The summed E-state index contributed by atoms with van der Waals surface area (Å²) >= 11 is 0. The SMILES string of the molecule is CCC[NH-].O=C(O)[C@@H]1CCCN1C(=O)OCc1ccccc1. The Morgan fingerprint density at radius 1 is 1.36 bits per heavy atom. The molecule has 0 bridgehead atoms. The number of aliphatic carboxylic acids is 1. The summed E-state index contributed by atoms with van der Waals surface area (Å²) in [5, 5.41) is 8.97. The van der Waals surface area contributed by atoms with Gasteiger partial charge in [0, 0.05) is 6.54 Å². The number of likely N-dealkylation sites (tertiary alicyclic amines) is 1. The predicted octanol–water partition coefficient (Wildman–Crippen LogP) is 3.32. The number of benzene rings is 1. The standard InChI is InChI=1S/C13H15NO4.C3H8N/c15-12(16)11-7-4-8-14(11)13(17)18-9-10-5-2-1-3-6-10;1-2-3-4/h1-3,5-6,11H,4,7-9H2,(H,15,16);4H,2-3H2,1H3/q;-1/t11-;/m0./s1. The summed E-state index contributed by atoms with van der Waals surface area (Å²) in [6.07, 6.45) is 1.64. The van der Waals surface area contributed by atoms with E-state index in [0.29, 0.717) is 25.9 Å². The van der Waals surface area contributed by atoms with E-state index in [1.165, 1.54) is 4.90 Å². The van der Waals surface area contributed by atoms with E-state index in [2.05, 4.69) is 0 Å². The Hall–Kier alpha value is -2.08. The van der Waals surface area contributed by atoms with Crippen molar-refractivity contribution < 1.29 is 19.4 Å². The molecule has 1 fully saturated rings. The Morgan fingerprint density at radius 3 is 2.55 bits per heavy atom. The van der Waals surface area contributed by atoms with Gasteiger partial charge in [0.25, 0.3) is 0 Å². The Labute approximate surface area is 130 Å². The van der Waals surface area contributed by atoms with Crippen LogP contribution in [0.25, 0.3) is 5.73 Å². The second-order valence-electron chi connectivity index (χ2n) is 4.98. The molecule has 22 heavy (non-hydrogen) atoms. The lowest BCUT2D eigenvalue weighted by Gasteiger charge is -2.20. The molecule has 1 aromatic rings. The highest BCUT2D eigenvalue weighted by Gasteiger charge is 2.34. The highest BCUT2D eigenvalue weighted by molar-refractivity contribution is 5.80. The maximum Gasteiger partial charge on any atom is 0.410 e. The summed E-state index contributed by atoms with van der Waals surface area (Å²) in [6, 6.07) is 8.57. The van der Waals surface area contributed by atoms with Crippen molar-refractivity contribution in [1.82, 2.24) is 4.90 Å². The molecular formula is C16H23N2O4-. The maximum absolute atomic E-state index is 11.8. The number of nitrogens with one attached hydrogen (secondary N) is 1. The molecule has 6 heteroatoms. The van der Waals surface area contributed by atoms with E-state index in [1.807, 2.05) is 37.3 Å². The lowest BCUT2D eigenvalue weighted by molar-refractivity contribution is -0.141. The number of hydrogen-bond donors (Lipinski definition) is 1. The molecule has 1 aromatic carbocycles. The van der Waals surface area contributed by atoms with Gasteiger partial charge < -0.3 is 15.6 Å². The van der Waals surface area contributed by atoms with Crippen molar-refractivity contribution in [2.45, 2.75) is 38.8 Å². The van der Waals surface area contributed by atoms with Crippen molar-refractivity contribution in [3.63, 3.8) is 0 Å². The van der Waals surface area contributed by atoms with Crippen LogP contribution in [0.5, 0.6) is 0 Å². The summed E-state index contributed by atoms with van der Waals surface area (Å²) < 4.78 is 5.12. The first-order chi connectivity index (χ1) is 10.6. The molecule has 0 unspecified atom stereocenters. The van der Waals surface area contributed by atoms with Crippen LogP contribution in [-0.4, -0.2) is 41.2 Å². The molecule has 1 saturated heterocycles. The molecule has 1 aliphatic rings. The van der Waals surface area contributed by atoms with E-state index in [9.17, 15) is 9.59 Å². The molecular weight excluding hydrogens is 284 g/mol. The molecule has 0 aliphatic carbocycles. The van der Waals surface area contributed by atoms with Gasteiger partial charge >= 0.3 is 12.1 Å². The molecule has 2 rings (SSSR count). The van der Waals surface area contributed by atoms with Gasteiger partial charge in [-0.05, 0) is 18.4 Å². The van der Waals surface area contributed by atoms with Gasteiger partial charge in [0.1, 0.15) is 12.6 Å². The fraction of sp³-hybridized carbons (Fsp3) is 0.500. The number of hydrogen-bond acceptors (Lipinski definition) is 3. The van der Waals surface area contributed by atoms with E-state index in [0.717, 1.165) is 12.0 Å². The third kappa shape index (κ3) is 5.73. The molecule has 0 saturated carbocycles. The second kappa shape index (κ2) is 9.78. The number of rotatable bonds is 4. The van der Waals surface area contributed by atoms with Crippen molar-refractivity contribution in [1.29, 1.82) is 0 Å². The van der Waals surface area contributed by atoms with Gasteiger partial charge in [-0.25, -0.2) is 9.59 Å². The first-order valence-corrected chi connectivity index (χ1v) is 7.44. The van der Waals surface area contributed by atoms with Gasteiger partial charge in [-0.2, -0.15) is 6.54 Å². The minimum atomic E-state index is -0.968. The minimum Gasteiger partial charge on any atom is -0.677 e. The first-order valence-electron chi connectivity index (χ1n) is 7.44. The smallest absolute Gasteiger partial charge is 0.410 e. The van der Waals surface area contributed by atoms with E-state index in [1.54, 1.807) is 0 Å². The van der Waals surface area contributed by atoms with Gasteiger partial charge in [0.15, 0.2) is 0 Å². The Kier molecular flexibility index (Phi) is 7.99. The summed E-state index contributed by atoms with van der Waals surface area (Å²) in [7, 11) is 0. The molecule has 1 atom stereocenters. The fourth-order valence-electron chi connectivity index (χ4n) is 2.04. The lowest BCUT2D eigenvalue weighted by atomic mass is 10.2. The molecule has 1 amide bonds. The zero-order chi connectivity index (χ0) is 16.4. The fourth-order valence-corrected chi connectivity index (χ4v) is 2.04. The van der Waals surface area contributed by atoms with E-state index in [4.69, 9.17) is 15.6 Å². The number of carbonyl (C=O) groups excluding carboxylic acids is 1. The van der Waals surface area contributed by atoms with Crippen molar-refractivity contribution in [3.8, 4) is 0 Å². The summed E-state index contributed by atoms with van der Waals surface area (Å²) in [5.41, 5.74) is 7.34. The van der Waals surface area contributed by atoms with Crippen LogP contribution in [0, 0.1) is 0 Å². The van der Waals surface area contributed by atoms with Gasteiger partial charge in [-0.1, -0.05) is 43.7 Å². The van der Waals surface area contributed by atoms with Crippen LogP contribution in [0.3, 0.4) is 0 Å². The van der Waals surface area contributed by atoms with Crippen molar-refractivity contribution in [2.75, 3.05) is 13.1 Å². The van der Waals surface area contributed by atoms with Crippen LogP contribution < -0.4 is 0 Å². The number of carboxylic acids is 1. The van der Waals surface area contributed by atoms with Crippen LogP contribution in [-0.2, 0) is 16.1 Å². The molecule has 0 aromatic heterocycles. The zero-order valence-corrected chi connectivity index (χ0v) is 12.8. The van der Waals surface area contributed by atoms with Crippen molar-refractivity contribution in [3.05, 3.63) is 41.6 Å². The molecule has 0 radical (unpaired) electrons. The van der Waals surface area contributed by atoms with Gasteiger partial charge in [-0.3, -0.25) is 4.90 Å². The van der Waals surface area contributed by atoms with Crippen LogP contribution in [0.4, 0.5) is 4.79 Å². The summed E-state index contributed by atoms with van der Waals surface area (Å²) in [5.74, 6) is -0.968. The van der Waals surface area contributed by atoms with E-state index >= 15 is 0 Å². The average molecular weight is 307 g/mol. The van der Waals surface area contributed by atoms with Crippen LogP contribution in [0.2, 0.25) is 0 Å². The van der Waals surface area contributed by atoms with Gasteiger partial charge in [0.2, 0.25) is 0 Å². The third-order valence-corrected chi connectivity index (χ3v) is 3.23. The van der Waals surface area contributed by atoms with E-state index < -0.39 is 18.1 Å². The third-order valence-electron chi connectivity index (χ3n) is 3.23. The van der Waals surface area contributed by atoms with Gasteiger partial charge in [-0.15, -0.1) is 0 Å². The maximum atomic E-state index is 11.8. The number of carboxylic acid groups (broad SMARTS) is 1. The van der Waals surface area contributed by atoms with Crippen molar-refractivity contribution >= 4 is 12.1 Å². The van der Waals surface area contributed by atoms with Crippen LogP contribution in [0.15, 0.2) is 30.3 Å². The first kappa shape index (κ1) is 18.0. The highest BCUT2D eigenvalue weighted by atomic mass is 16.6. The Morgan fingerprint density at radius 2 is 2.00 bits per heavy atom. The molecule has 2 N–H and O–H groups in total. The second-order valence-corrected chi connectivity index (χ2v) is 4.98. The lowest BCUT2D eigenvalue weighted by Crippen LogP contribution is -2.40. The van der Waals surface area contributed by atoms with Gasteiger partial charge in [0.05, 0.1) is 0 Å². The number of carbonyl (C=O) groups is 2. The number of amides is 1. The Bertz CT molecular complexity index is 462. The highest BCUT2D eigenvalue weighted by Crippen LogP contribution is 2.18. The Balaban J connectivity index is 0.000000541. The minimum absolute atomic E-state index is 0.169. The topological polar surface area (TPSA) is 90.6 Å². The van der Waals surface area contributed by atoms with Crippen molar-refractivity contribution in [2.24, 2.45) is 0 Å². The van der Waals surface area contributed by atoms with Crippen LogP contribution in [0.1, 0.15) is 31.7 Å². The average Bonchev–Trinajstić information content (AvgIpc) is 3.04. The number of ether oxygens (including phenoxy) is 1. The molecule has 122 valence electrons. The quantitative estimate of drug-likeness (QED) is 0.923. The molecule has 1 heterocycles. The summed E-state index contributed by atoms with van der Waals surface area (Å²) in [6.45, 7) is 3.18. The number of nitrogens with zero attached hydrogens (tertiary/aromatic N) is 1. The van der Waals surface area contributed by atoms with E-state index in [-0.39, 0.29) is 6.61 Å². The predicted molar refractivity (Wildman–Crippen MR) is 83.5 cm³/mol. The molecule has 0 spiro atoms. The summed E-state index contributed by atoms with van der Waals surface area (Å²) in [4.78, 5) is 24.0. The normalized spacial score (nSPS) is 16.6. The molecule has 6 nitrogen and oxygen atoms in total.